The van der Waals surface area contributed by atoms with Crippen LogP contribution in [0.25, 0.3) is 0 Å². The summed E-state index contributed by atoms with van der Waals surface area (Å²) >= 11 is 25.9. The summed E-state index contributed by atoms with van der Waals surface area (Å²) in [5.41, 5.74) is -2.25. The Morgan fingerprint density at radius 3 is 0.933 bits per heavy atom. The van der Waals surface area contributed by atoms with Gasteiger partial charge in [-0.05, 0) is 0 Å². The predicted octanol–water partition coefficient (Wildman–Crippen LogP) is 10.3. The van der Waals surface area contributed by atoms with E-state index in [0.717, 1.165) is 13.1 Å². The van der Waals surface area contributed by atoms with Crippen LogP contribution in [0.5, 0.6) is 0 Å². The van der Waals surface area contributed by atoms with Crippen LogP contribution in [0.3, 0.4) is 0 Å². The van der Waals surface area contributed by atoms with Gasteiger partial charge in [-0.3, -0.25) is 0 Å². The molecule has 0 radical (unpaired) electrons. The van der Waals surface area contributed by atoms with Gasteiger partial charge in [0.25, 0.3) is 0 Å². The summed E-state index contributed by atoms with van der Waals surface area (Å²) in [4.78, 5) is 0. The van der Waals surface area contributed by atoms with Crippen molar-refractivity contribution >= 4 is 113 Å². The van der Waals surface area contributed by atoms with Crippen LogP contribution in [-0.4, -0.2) is 0 Å². The molecule has 0 unspecified atom stereocenters. The number of rotatable bonds is 6. The van der Waals surface area contributed by atoms with Crippen LogP contribution in [0.4, 0.5) is 0 Å². The summed E-state index contributed by atoms with van der Waals surface area (Å²) < 4.78 is 4.42. The Bertz CT molecular complexity index is 544. The molecule has 2 heterocycles. The van der Waals surface area contributed by atoms with Crippen molar-refractivity contribution in [2.24, 2.45) is 0 Å². The van der Waals surface area contributed by atoms with Gasteiger partial charge in [0.15, 0.2) is 24.8 Å². The van der Waals surface area contributed by atoms with Crippen molar-refractivity contribution in [1.82, 2.24) is 0 Å². The molecule has 0 atom stereocenters. The van der Waals surface area contributed by atoms with Crippen molar-refractivity contribution < 1.29 is 20.0 Å². The molecule has 0 aliphatic rings. The van der Waals surface area contributed by atoms with Gasteiger partial charge in [0, 0.05) is 37.1 Å². The van der Waals surface area contributed by atoms with Crippen LogP contribution in [-0.2, 0) is 24.0 Å². The van der Waals surface area contributed by atoms with Crippen LogP contribution in [0.15, 0.2) is 61.2 Å². The average molecular weight is 1030 g/mol. The molecular formula is C18H28Br8Co2N2. The molecule has 2 nitrogen and oxygen atoms in total. The van der Waals surface area contributed by atoms with E-state index < -0.39 is 10.9 Å². The van der Waals surface area contributed by atoms with Crippen molar-refractivity contribution in [2.75, 3.05) is 0 Å². The number of hydrogen-bond acceptors (Lipinski definition) is 0. The van der Waals surface area contributed by atoms with Gasteiger partial charge in [0.05, 0.1) is 0 Å². The van der Waals surface area contributed by atoms with Crippen molar-refractivity contribution in [3.8, 4) is 0 Å². The fraction of sp³-hybridized carbons (Fsp3) is 0.444. The van der Waals surface area contributed by atoms with Crippen LogP contribution in [0, 0.1) is 0 Å². The third-order valence-electron chi connectivity index (χ3n) is 3.09. The molecule has 0 N–H and O–H groups in total. The Hall–Kier alpha value is 3.15. The van der Waals surface area contributed by atoms with Gasteiger partial charge in [-0.15, -0.1) is 0 Å². The standard InChI is InChI=1S/2C9H14N.8BrH.2Co/c2*1-2-3-7-10-8-5-4-6-9-10;;;;;;;;;;/h2*4-6,8-9H,2-3,7H2,1H3;8*1H;;/q2*+1;;;;;;;;;2*+3/p-8. The molecule has 0 saturated heterocycles. The van der Waals surface area contributed by atoms with E-state index in [4.69, 9.17) is 0 Å². The number of aryl methyl sites for hydroxylation is 2. The van der Waals surface area contributed by atoms with Crippen molar-refractivity contribution in [3.05, 3.63) is 61.2 Å². The maximum absolute atomic E-state index is 3.23. The third-order valence-corrected chi connectivity index (χ3v) is 3.09. The molecule has 184 valence electrons. The topological polar surface area (TPSA) is 7.76 Å². The van der Waals surface area contributed by atoms with Crippen molar-refractivity contribution in [1.29, 1.82) is 0 Å². The molecule has 0 amide bonds. The van der Waals surface area contributed by atoms with Gasteiger partial charge in [0.2, 0.25) is 0 Å². The van der Waals surface area contributed by atoms with E-state index >= 15 is 0 Å². The first-order valence-corrected chi connectivity index (χ1v) is 29.3. The molecular weight excluding hydrogens is 1000 g/mol. The van der Waals surface area contributed by atoms with E-state index in [1.54, 1.807) is 0 Å². The van der Waals surface area contributed by atoms with Crippen LogP contribution >= 0.6 is 113 Å². The summed E-state index contributed by atoms with van der Waals surface area (Å²) in [5.74, 6) is 0. The molecule has 0 aromatic carbocycles. The van der Waals surface area contributed by atoms with E-state index in [1.807, 2.05) is 12.1 Å². The molecule has 12 heteroatoms. The maximum atomic E-state index is 3.23. The minimum absolute atomic E-state index is 1.12. The van der Waals surface area contributed by atoms with Gasteiger partial charge < -0.3 is 0 Å². The van der Waals surface area contributed by atoms with E-state index in [0.29, 0.717) is 0 Å². The summed E-state index contributed by atoms with van der Waals surface area (Å²) in [6, 6.07) is 12.3. The Kier molecular flexibility index (Phi) is 26.6. The number of hydrogen-bond donors (Lipinski definition) is 0. The van der Waals surface area contributed by atoms with Crippen molar-refractivity contribution in [3.63, 3.8) is 0 Å². The first-order valence-electron chi connectivity index (χ1n) is 8.75. The molecule has 30 heavy (non-hydrogen) atoms. The number of nitrogens with zero attached hydrogens (tertiary/aromatic N) is 2. The fourth-order valence-corrected chi connectivity index (χ4v) is 1.85. The fourth-order valence-electron chi connectivity index (χ4n) is 1.85. The Morgan fingerprint density at radius 2 is 0.733 bits per heavy atom. The second-order valence-corrected chi connectivity index (χ2v) is 68.5. The molecule has 2 aromatic rings. The van der Waals surface area contributed by atoms with E-state index in [-0.39, 0.29) is 0 Å². The Balaban J connectivity index is 0. The zero-order valence-corrected chi connectivity index (χ0v) is 31.4. The summed E-state index contributed by atoms with van der Waals surface area (Å²) in [5, 5.41) is 0. The molecule has 0 saturated carbocycles. The normalized spacial score (nSPS) is 11.5. The molecule has 2 aromatic heterocycles. The average Bonchev–Trinajstić information content (AvgIpc) is 2.64. The monoisotopic (exact) mass is 1020 g/mol. The number of aromatic nitrogens is 2. The SMILES string of the molecule is CCCC[n+]1ccccc1.CCCC[n+]1ccccc1.[Br][Co-]([Br])([Br])[Br].[Br][Co-]([Br])([Br])[Br]. The van der Waals surface area contributed by atoms with E-state index in [9.17, 15) is 0 Å². The predicted molar refractivity (Wildman–Crippen MR) is 155 cm³/mol. The Morgan fingerprint density at radius 1 is 0.500 bits per heavy atom. The van der Waals surface area contributed by atoms with Gasteiger partial charge in [-0.2, -0.15) is 0 Å². The van der Waals surface area contributed by atoms with Gasteiger partial charge >= 0.3 is 124 Å². The van der Waals surface area contributed by atoms with Crippen LogP contribution in [0.1, 0.15) is 39.5 Å². The third kappa shape index (κ3) is 38.4. The molecule has 0 bridgehead atoms. The molecule has 0 fully saturated rings. The van der Waals surface area contributed by atoms with Crippen LogP contribution in [0.2, 0.25) is 0 Å². The van der Waals surface area contributed by atoms with Crippen LogP contribution < -0.4 is 9.13 Å². The zero-order valence-electron chi connectivity index (χ0n) is 16.6. The van der Waals surface area contributed by atoms with Gasteiger partial charge in [-0.1, -0.05) is 38.8 Å². The second kappa shape index (κ2) is 22.6. The first kappa shape index (κ1) is 35.3. The zero-order chi connectivity index (χ0) is 23.5. The first-order chi connectivity index (χ1) is 13.9. The van der Waals surface area contributed by atoms with E-state index in [2.05, 4.69) is 185 Å². The molecule has 0 spiro atoms. The quantitative estimate of drug-likeness (QED) is 0.255. The van der Waals surface area contributed by atoms with Crippen molar-refractivity contribution in [2.45, 2.75) is 52.6 Å². The number of halogens is 8. The summed E-state index contributed by atoms with van der Waals surface area (Å²) in [6.07, 6.45) is 13.5. The second-order valence-electron chi connectivity index (χ2n) is 5.51. The molecule has 0 aliphatic carbocycles. The van der Waals surface area contributed by atoms with Gasteiger partial charge in [-0.25, -0.2) is 9.13 Å². The minimum atomic E-state index is -1.12. The number of pyridine rings is 2. The number of unbranched alkanes of at least 4 members (excludes halogenated alkanes) is 2. The van der Waals surface area contributed by atoms with E-state index in [1.165, 1.54) is 25.7 Å². The van der Waals surface area contributed by atoms with Gasteiger partial charge in [0.1, 0.15) is 13.1 Å². The summed E-state index contributed by atoms with van der Waals surface area (Å²) in [6.45, 7) is 6.72. The Labute approximate surface area is 243 Å². The molecule has 2 rings (SSSR count). The molecule has 0 aliphatic heterocycles. The summed E-state index contributed by atoms with van der Waals surface area (Å²) in [7, 11) is 0.